The van der Waals surface area contributed by atoms with E-state index >= 15 is 0 Å². The molecular formula is C9H13N. The number of allylic oxidation sites excluding steroid dienone is 1. The van der Waals surface area contributed by atoms with Crippen LogP contribution in [0.1, 0.15) is 12.8 Å². The maximum absolute atomic E-state index is 5.99. The lowest BCUT2D eigenvalue weighted by atomic mass is 9.73. The average molecular weight is 135 g/mol. The van der Waals surface area contributed by atoms with E-state index in [2.05, 4.69) is 12.2 Å². The number of hydrogen-bond acceptors (Lipinski definition) is 1. The molecule has 0 amide bonds. The maximum atomic E-state index is 5.99. The molecule has 10 heavy (non-hydrogen) atoms. The molecule has 0 aromatic rings. The van der Waals surface area contributed by atoms with Gasteiger partial charge in [-0.2, -0.15) is 0 Å². The van der Waals surface area contributed by atoms with Gasteiger partial charge >= 0.3 is 0 Å². The van der Waals surface area contributed by atoms with Crippen molar-refractivity contribution in [3.63, 3.8) is 0 Å². The Morgan fingerprint density at radius 3 is 2.60 bits per heavy atom. The molecule has 0 aromatic carbocycles. The number of nitrogens with two attached hydrogens (primary N) is 1. The summed E-state index contributed by atoms with van der Waals surface area (Å²) in [6, 6.07) is 0.499. The molecule has 54 valence electrons. The van der Waals surface area contributed by atoms with Crippen LogP contribution in [0.2, 0.25) is 0 Å². The Bertz CT molecular complexity index is 195. The highest BCUT2D eigenvalue weighted by Crippen LogP contribution is 2.58. The molecule has 0 spiro atoms. The number of fused-ring (bicyclic) bond motifs is 1. The molecule has 0 unspecified atom stereocenters. The average Bonchev–Trinajstić information content (AvgIpc) is 2.66. The lowest BCUT2D eigenvalue weighted by Gasteiger charge is -2.35. The minimum Gasteiger partial charge on any atom is -0.327 e. The summed E-state index contributed by atoms with van der Waals surface area (Å²) in [4.78, 5) is 0. The Morgan fingerprint density at radius 2 is 2.00 bits per heavy atom. The minimum absolute atomic E-state index is 0.499. The second-order valence-corrected chi connectivity index (χ2v) is 4.09. The molecule has 2 N–H and O–H groups in total. The molecule has 2 bridgehead atoms. The summed E-state index contributed by atoms with van der Waals surface area (Å²) < 4.78 is 0. The van der Waals surface area contributed by atoms with Gasteiger partial charge in [-0.3, -0.25) is 0 Å². The van der Waals surface area contributed by atoms with Crippen LogP contribution in [0.25, 0.3) is 0 Å². The summed E-state index contributed by atoms with van der Waals surface area (Å²) in [5.74, 6) is 3.67. The first-order valence-electron chi connectivity index (χ1n) is 4.30. The van der Waals surface area contributed by atoms with Crippen LogP contribution in [0.5, 0.6) is 0 Å². The highest BCUT2D eigenvalue weighted by Gasteiger charge is 2.53. The molecule has 2 fully saturated rings. The van der Waals surface area contributed by atoms with Crippen LogP contribution in [0, 0.1) is 23.7 Å². The van der Waals surface area contributed by atoms with Gasteiger partial charge in [0, 0.05) is 6.04 Å². The van der Waals surface area contributed by atoms with E-state index in [4.69, 9.17) is 5.73 Å². The van der Waals surface area contributed by atoms with Crippen LogP contribution in [-0.2, 0) is 0 Å². The zero-order chi connectivity index (χ0) is 6.72. The van der Waals surface area contributed by atoms with Crippen molar-refractivity contribution in [1.29, 1.82) is 0 Å². The quantitative estimate of drug-likeness (QED) is 0.495. The van der Waals surface area contributed by atoms with Gasteiger partial charge in [0.1, 0.15) is 0 Å². The van der Waals surface area contributed by atoms with Crippen LogP contribution in [0.3, 0.4) is 0 Å². The van der Waals surface area contributed by atoms with Crippen molar-refractivity contribution in [3.8, 4) is 0 Å². The summed E-state index contributed by atoms with van der Waals surface area (Å²) in [6.45, 7) is 0. The zero-order valence-electron chi connectivity index (χ0n) is 6.03. The van der Waals surface area contributed by atoms with E-state index in [0.717, 1.165) is 23.7 Å². The summed E-state index contributed by atoms with van der Waals surface area (Å²) in [7, 11) is 0. The summed E-state index contributed by atoms with van der Waals surface area (Å²) in [5, 5.41) is 0. The topological polar surface area (TPSA) is 26.0 Å². The van der Waals surface area contributed by atoms with Crippen molar-refractivity contribution < 1.29 is 0 Å². The molecule has 4 aliphatic carbocycles. The molecule has 2 saturated carbocycles. The number of rotatable bonds is 0. The van der Waals surface area contributed by atoms with Crippen LogP contribution < -0.4 is 5.73 Å². The van der Waals surface area contributed by atoms with Crippen LogP contribution in [-0.4, -0.2) is 6.04 Å². The van der Waals surface area contributed by atoms with Crippen molar-refractivity contribution in [3.05, 3.63) is 12.2 Å². The summed E-state index contributed by atoms with van der Waals surface area (Å²) in [6.07, 6.45) is 7.51. The van der Waals surface area contributed by atoms with E-state index in [1.165, 1.54) is 12.8 Å². The first-order chi connectivity index (χ1) is 4.86. The van der Waals surface area contributed by atoms with Gasteiger partial charge in [-0.25, -0.2) is 0 Å². The number of hydrogen-bond donors (Lipinski definition) is 1. The highest BCUT2D eigenvalue weighted by molar-refractivity contribution is 5.19. The first kappa shape index (κ1) is 5.36. The van der Waals surface area contributed by atoms with E-state index in [9.17, 15) is 0 Å². The minimum atomic E-state index is 0.499. The standard InChI is InChI=1S/C9H13N/c10-9-3-5-1-2-6(9)8-4-7(5)8/h1-2,5-9H,3-4,10H2/t5-,6-,7-,8+,9-/m1/s1. The Labute approximate surface area is 61.3 Å². The molecule has 1 nitrogen and oxygen atoms in total. The van der Waals surface area contributed by atoms with Crippen LogP contribution in [0.4, 0.5) is 0 Å². The van der Waals surface area contributed by atoms with Crippen LogP contribution in [0.15, 0.2) is 12.2 Å². The molecule has 4 aliphatic rings. The smallest absolute Gasteiger partial charge is 0.0110 e. The Balaban J connectivity index is 2.02. The lowest BCUT2D eigenvalue weighted by molar-refractivity contribution is 0.268. The fourth-order valence-electron chi connectivity index (χ4n) is 2.91. The summed E-state index contributed by atoms with van der Waals surface area (Å²) in [5.41, 5.74) is 5.99. The van der Waals surface area contributed by atoms with Crippen LogP contribution >= 0.6 is 0 Å². The van der Waals surface area contributed by atoms with Gasteiger partial charge < -0.3 is 5.73 Å². The van der Waals surface area contributed by atoms with Crippen molar-refractivity contribution in [2.45, 2.75) is 18.9 Å². The van der Waals surface area contributed by atoms with Crippen molar-refractivity contribution in [1.82, 2.24) is 0 Å². The predicted octanol–water partition coefficient (Wildman–Crippen LogP) is 1.16. The van der Waals surface area contributed by atoms with Crippen molar-refractivity contribution in [2.24, 2.45) is 29.4 Å². The largest absolute Gasteiger partial charge is 0.327 e. The van der Waals surface area contributed by atoms with Gasteiger partial charge in [0.15, 0.2) is 0 Å². The monoisotopic (exact) mass is 135 g/mol. The third-order valence-electron chi connectivity index (χ3n) is 3.55. The Hall–Kier alpha value is -0.300. The summed E-state index contributed by atoms with van der Waals surface area (Å²) >= 11 is 0. The Morgan fingerprint density at radius 1 is 1.10 bits per heavy atom. The fraction of sp³-hybridized carbons (Fsp3) is 0.778. The van der Waals surface area contributed by atoms with Crippen molar-refractivity contribution >= 4 is 0 Å². The van der Waals surface area contributed by atoms with Gasteiger partial charge in [-0.1, -0.05) is 12.2 Å². The van der Waals surface area contributed by atoms with Gasteiger partial charge in [0.05, 0.1) is 0 Å². The van der Waals surface area contributed by atoms with Gasteiger partial charge in [-0.15, -0.1) is 0 Å². The maximum Gasteiger partial charge on any atom is 0.0110 e. The highest BCUT2D eigenvalue weighted by atomic mass is 14.7. The van der Waals surface area contributed by atoms with E-state index in [1.54, 1.807) is 0 Å². The first-order valence-corrected chi connectivity index (χ1v) is 4.30. The predicted molar refractivity (Wildman–Crippen MR) is 40.3 cm³/mol. The van der Waals surface area contributed by atoms with Gasteiger partial charge in [0.25, 0.3) is 0 Å². The van der Waals surface area contributed by atoms with E-state index < -0.39 is 0 Å². The molecule has 5 atom stereocenters. The van der Waals surface area contributed by atoms with Crippen molar-refractivity contribution in [2.75, 3.05) is 0 Å². The third kappa shape index (κ3) is 0.485. The second-order valence-electron chi connectivity index (χ2n) is 4.09. The molecule has 0 aliphatic heterocycles. The zero-order valence-corrected chi connectivity index (χ0v) is 6.03. The molecule has 0 heterocycles. The van der Waals surface area contributed by atoms with Gasteiger partial charge in [0.2, 0.25) is 0 Å². The van der Waals surface area contributed by atoms with E-state index in [0.29, 0.717) is 6.04 Å². The molecule has 0 radical (unpaired) electrons. The van der Waals surface area contributed by atoms with E-state index in [-0.39, 0.29) is 0 Å². The molecule has 4 rings (SSSR count). The molecular weight excluding hydrogens is 122 g/mol. The Kier molecular flexibility index (Phi) is 0.791. The normalized spacial score (nSPS) is 62.3. The lowest BCUT2D eigenvalue weighted by Crippen LogP contribution is -2.39. The third-order valence-corrected chi connectivity index (χ3v) is 3.55. The second kappa shape index (κ2) is 1.48. The van der Waals surface area contributed by atoms with Gasteiger partial charge in [-0.05, 0) is 36.5 Å². The fourth-order valence-corrected chi connectivity index (χ4v) is 2.91. The SMILES string of the molecule is N[C@@H]1C[C@H]2C=C[C@@H]1[C@@H]1C[C@@H]12. The van der Waals surface area contributed by atoms with E-state index in [1.807, 2.05) is 0 Å². The molecule has 0 aromatic heterocycles. The molecule has 1 heteroatoms. The molecule has 0 saturated heterocycles.